The molecule has 2 atom stereocenters. The summed E-state index contributed by atoms with van der Waals surface area (Å²) in [5, 5.41) is 24.2. The van der Waals surface area contributed by atoms with Crippen LogP contribution in [0.25, 0.3) is 5.69 Å². The van der Waals surface area contributed by atoms with Crippen molar-refractivity contribution < 1.29 is 15.0 Å². The lowest BCUT2D eigenvalue weighted by Gasteiger charge is -2.29. The fourth-order valence-corrected chi connectivity index (χ4v) is 4.74. The molecule has 0 radical (unpaired) electrons. The number of halogens is 1. The van der Waals surface area contributed by atoms with Gasteiger partial charge in [-0.3, -0.25) is 4.98 Å². The number of benzene rings is 2. The minimum absolute atomic E-state index is 0.0455. The summed E-state index contributed by atoms with van der Waals surface area (Å²) in [5.74, 6) is -0.938. The van der Waals surface area contributed by atoms with E-state index in [4.69, 9.17) is 23.8 Å². The van der Waals surface area contributed by atoms with E-state index in [0.29, 0.717) is 15.8 Å². The van der Waals surface area contributed by atoms with Gasteiger partial charge in [0.1, 0.15) is 11.8 Å². The zero-order valence-electron chi connectivity index (χ0n) is 17.7. The predicted octanol–water partition coefficient (Wildman–Crippen LogP) is 5.11. The highest BCUT2D eigenvalue weighted by Gasteiger charge is 2.43. The number of carbonyl (C=O) groups is 1. The monoisotopic (exact) mass is 490 g/mol. The summed E-state index contributed by atoms with van der Waals surface area (Å²) in [6.07, 6.45) is 3.62. The molecule has 1 saturated heterocycles. The number of nitrogens with zero attached hydrogens (tertiary/aromatic N) is 3. The summed E-state index contributed by atoms with van der Waals surface area (Å²) in [6.45, 7) is 0. The van der Waals surface area contributed by atoms with E-state index < -0.39 is 5.97 Å². The molecule has 4 aromatic rings. The number of carboxylic acid groups (broad SMARTS) is 1. The van der Waals surface area contributed by atoms with Crippen LogP contribution in [0.1, 0.15) is 33.8 Å². The molecular weight excluding hydrogens is 472 g/mol. The molecule has 3 heterocycles. The highest BCUT2D eigenvalue weighted by Crippen LogP contribution is 2.45. The fraction of sp³-hybridized carbons (Fsp3) is 0.0800. The first kappa shape index (κ1) is 21.9. The number of aromatic carboxylic acids is 1. The lowest BCUT2D eigenvalue weighted by atomic mass is 10.0. The molecule has 0 amide bonds. The number of hydrogen-bond acceptors (Lipinski definition) is 4. The Morgan fingerprint density at radius 1 is 1.06 bits per heavy atom. The molecular formula is C25H19ClN4O3S. The molecule has 2 aromatic carbocycles. The third-order valence-corrected chi connectivity index (χ3v) is 6.32. The molecule has 0 spiro atoms. The summed E-state index contributed by atoms with van der Waals surface area (Å²) >= 11 is 12.0. The maximum absolute atomic E-state index is 11.3. The molecule has 170 valence electrons. The largest absolute Gasteiger partial charge is 0.506 e. The number of pyridine rings is 1. The first-order chi connectivity index (χ1) is 16.4. The van der Waals surface area contributed by atoms with E-state index in [1.54, 1.807) is 42.6 Å². The SMILES string of the molecule is O=C(O)c1ccc(-n2cccc2[C@H]2[C@@H](c3ccccn3)NC(=S)N2c2cc(Cl)ccc2O)cc1. The average molecular weight is 491 g/mol. The zero-order valence-corrected chi connectivity index (χ0v) is 19.2. The van der Waals surface area contributed by atoms with Crippen molar-refractivity contribution in [1.29, 1.82) is 0 Å². The summed E-state index contributed by atoms with van der Waals surface area (Å²) in [7, 11) is 0. The standard InChI is InChI=1S/C25H19ClN4O3S/c26-16-8-11-21(31)20(14-16)30-23(22(28-25(30)34)18-4-1-2-12-27-18)19-5-3-13-29(19)17-9-6-15(7-10-17)24(32)33/h1-14,22-23,31H,(H,28,34)(H,32,33)/t22-,23+/m1/s1. The summed E-state index contributed by atoms with van der Waals surface area (Å²) in [5.41, 5.74) is 3.12. The Bertz CT molecular complexity index is 1370. The van der Waals surface area contributed by atoms with Crippen molar-refractivity contribution in [3.05, 3.63) is 107 Å². The number of nitrogens with one attached hydrogen (secondary N) is 1. The second-order valence-corrected chi connectivity index (χ2v) is 8.61. The van der Waals surface area contributed by atoms with Crippen LogP contribution in [-0.4, -0.2) is 30.8 Å². The third-order valence-electron chi connectivity index (χ3n) is 5.77. The van der Waals surface area contributed by atoms with Crippen LogP contribution < -0.4 is 10.2 Å². The van der Waals surface area contributed by atoms with E-state index >= 15 is 0 Å². The smallest absolute Gasteiger partial charge is 0.335 e. The summed E-state index contributed by atoms with van der Waals surface area (Å²) < 4.78 is 1.97. The van der Waals surface area contributed by atoms with Gasteiger partial charge in [0.2, 0.25) is 0 Å². The van der Waals surface area contributed by atoms with Gasteiger partial charge in [0.25, 0.3) is 0 Å². The minimum atomic E-state index is -0.984. The molecule has 9 heteroatoms. The number of rotatable bonds is 5. The van der Waals surface area contributed by atoms with Gasteiger partial charge in [0.05, 0.1) is 23.0 Å². The summed E-state index contributed by atoms with van der Waals surface area (Å²) in [6, 6.07) is 20.3. The zero-order chi connectivity index (χ0) is 23.8. The van der Waals surface area contributed by atoms with Gasteiger partial charge in [-0.25, -0.2) is 4.79 Å². The number of anilines is 1. The van der Waals surface area contributed by atoms with Gasteiger partial charge >= 0.3 is 5.97 Å². The second kappa shape index (κ2) is 8.81. The Morgan fingerprint density at radius 3 is 2.56 bits per heavy atom. The van der Waals surface area contributed by atoms with Crippen molar-refractivity contribution in [2.75, 3.05) is 4.90 Å². The van der Waals surface area contributed by atoms with Gasteiger partial charge in [-0.15, -0.1) is 0 Å². The maximum Gasteiger partial charge on any atom is 0.335 e. The quantitative estimate of drug-likeness (QED) is 0.335. The molecule has 1 aliphatic rings. The molecule has 1 aliphatic heterocycles. The Morgan fingerprint density at radius 2 is 1.85 bits per heavy atom. The van der Waals surface area contributed by atoms with Gasteiger partial charge < -0.3 is 25.0 Å². The number of aromatic hydroxyl groups is 1. The third kappa shape index (κ3) is 3.87. The predicted molar refractivity (Wildman–Crippen MR) is 134 cm³/mol. The topological polar surface area (TPSA) is 90.6 Å². The molecule has 0 saturated carbocycles. The molecule has 0 aliphatic carbocycles. The van der Waals surface area contributed by atoms with Crippen LogP contribution in [-0.2, 0) is 0 Å². The highest BCUT2D eigenvalue weighted by atomic mass is 35.5. The van der Waals surface area contributed by atoms with Crippen LogP contribution in [0.4, 0.5) is 5.69 Å². The van der Waals surface area contributed by atoms with Crippen molar-refractivity contribution in [3.8, 4) is 11.4 Å². The van der Waals surface area contributed by atoms with Crippen LogP contribution in [0, 0.1) is 0 Å². The lowest BCUT2D eigenvalue weighted by molar-refractivity contribution is 0.0697. The fourth-order valence-electron chi connectivity index (χ4n) is 4.24. The van der Waals surface area contributed by atoms with Gasteiger partial charge in [0.15, 0.2) is 5.11 Å². The number of aromatic nitrogens is 2. The number of thiocarbonyl (C=S) groups is 1. The first-order valence-electron chi connectivity index (χ1n) is 10.4. The van der Waals surface area contributed by atoms with E-state index in [2.05, 4.69) is 10.3 Å². The van der Waals surface area contributed by atoms with Crippen LogP contribution in [0.5, 0.6) is 5.75 Å². The molecule has 7 nitrogen and oxygen atoms in total. The molecule has 0 bridgehead atoms. The van der Waals surface area contributed by atoms with Gasteiger partial charge in [-0.2, -0.15) is 0 Å². The van der Waals surface area contributed by atoms with E-state index in [-0.39, 0.29) is 23.4 Å². The van der Waals surface area contributed by atoms with Crippen molar-refractivity contribution in [2.24, 2.45) is 0 Å². The number of phenols is 1. The van der Waals surface area contributed by atoms with E-state index in [1.165, 1.54) is 6.07 Å². The maximum atomic E-state index is 11.3. The lowest BCUT2D eigenvalue weighted by Crippen LogP contribution is -2.30. The normalized spacial score (nSPS) is 17.6. The van der Waals surface area contributed by atoms with Crippen LogP contribution in [0.3, 0.4) is 0 Å². The van der Waals surface area contributed by atoms with Gasteiger partial charge in [0, 0.05) is 28.8 Å². The molecule has 2 aromatic heterocycles. The Hall–Kier alpha value is -3.88. The second-order valence-electron chi connectivity index (χ2n) is 7.78. The Kier molecular flexibility index (Phi) is 5.69. The number of carboxylic acids is 1. The Balaban J connectivity index is 1.67. The van der Waals surface area contributed by atoms with Crippen molar-refractivity contribution in [2.45, 2.75) is 12.1 Å². The minimum Gasteiger partial charge on any atom is -0.506 e. The Labute approximate surface area is 205 Å². The van der Waals surface area contributed by atoms with Crippen molar-refractivity contribution in [1.82, 2.24) is 14.9 Å². The highest BCUT2D eigenvalue weighted by molar-refractivity contribution is 7.80. The molecule has 34 heavy (non-hydrogen) atoms. The number of phenolic OH excluding ortho intramolecular Hbond substituents is 1. The average Bonchev–Trinajstić information content (AvgIpc) is 3.45. The summed E-state index contributed by atoms with van der Waals surface area (Å²) in [4.78, 5) is 17.7. The van der Waals surface area contributed by atoms with Crippen LogP contribution in [0.15, 0.2) is 85.2 Å². The molecule has 5 rings (SSSR count). The molecule has 3 N–H and O–H groups in total. The van der Waals surface area contributed by atoms with Crippen molar-refractivity contribution in [3.63, 3.8) is 0 Å². The van der Waals surface area contributed by atoms with Crippen molar-refractivity contribution >= 4 is 40.6 Å². The van der Waals surface area contributed by atoms with Gasteiger partial charge in [-0.1, -0.05) is 17.7 Å². The molecule has 1 fully saturated rings. The number of hydrogen-bond donors (Lipinski definition) is 3. The van der Waals surface area contributed by atoms with Gasteiger partial charge in [-0.05, 0) is 78.9 Å². The van der Waals surface area contributed by atoms with E-state index in [9.17, 15) is 15.0 Å². The first-order valence-corrected chi connectivity index (χ1v) is 11.2. The van der Waals surface area contributed by atoms with E-state index in [0.717, 1.165) is 17.1 Å². The van der Waals surface area contributed by atoms with Crippen LogP contribution in [0.2, 0.25) is 5.02 Å². The van der Waals surface area contributed by atoms with E-state index in [1.807, 2.05) is 46.0 Å². The van der Waals surface area contributed by atoms with Crippen LogP contribution >= 0.6 is 23.8 Å². The molecule has 0 unspecified atom stereocenters.